The number of likely N-dealkylation sites (N-methyl/N-ethyl adjacent to an activating group) is 1. The van der Waals surface area contributed by atoms with Crippen molar-refractivity contribution in [3.05, 3.63) is 12.2 Å². The monoisotopic (exact) mass is 139 g/mol. The van der Waals surface area contributed by atoms with Gasteiger partial charge in [-0.05, 0) is 26.8 Å². The van der Waals surface area contributed by atoms with Crippen LogP contribution in [0.3, 0.4) is 0 Å². The average molecular weight is 139 g/mol. The Hall–Kier alpha value is -0.300. The Balaban J connectivity index is 2.70. The summed E-state index contributed by atoms with van der Waals surface area (Å²) < 4.78 is 0. The third kappa shape index (κ3) is 1.10. The Morgan fingerprint density at radius 3 is 2.50 bits per heavy atom. The lowest BCUT2D eigenvalue weighted by Crippen LogP contribution is -2.36. The Labute approximate surface area is 63.7 Å². The predicted molar refractivity (Wildman–Crippen MR) is 45.1 cm³/mol. The van der Waals surface area contributed by atoms with E-state index in [1.54, 1.807) is 0 Å². The van der Waals surface area contributed by atoms with Crippen LogP contribution >= 0.6 is 0 Å². The molecule has 0 aliphatic carbocycles. The standard InChI is InChI=1S/C9H17N/c1-5-9(3)6-8(2)7-10(9)4/h2,5-7H2,1,3-4H3/t9-/m1/s1. The van der Waals surface area contributed by atoms with Gasteiger partial charge in [0.25, 0.3) is 0 Å². The van der Waals surface area contributed by atoms with Crippen molar-refractivity contribution in [3.8, 4) is 0 Å². The van der Waals surface area contributed by atoms with Crippen molar-refractivity contribution >= 4 is 0 Å². The molecule has 0 aromatic rings. The van der Waals surface area contributed by atoms with Crippen molar-refractivity contribution in [1.29, 1.82) is 0 Å². The SMILES string of the molecule is C=C1CN(C)[C@](C)(CC)C1. The first kappa shape index (κ1) is 7.80. The summed E-state index contributed by atoms with van der Waals surface area (Å²) in [5.74, 6) is 0. The number of rotatable bonds is 1. The lowest BCUT2D eigenvalue weighted by molar-refractivity contribution is 0.189. The third-order valence-electron chi connectivity index (χ3n) is 2.77. The van der Waals surface area contributed by atoms with Crippen LogP contribution in [0.5, 0.6) is 0 Å². The van der Waals surface area contributed by atoms with Crippen LogP contribution in [0.2, 0.25) is 0 Å². The fourth-order valence-corrected chi connectivity index (χ4v) is 1.65. The van der Waals surface area contributed by atoms with E-state index in [1.807, 2.05) is 0 Å². The van der Waals surface area contributed by atoms with Crippen LogP contribution in [0.4, 0.5) is 0 Å². The minimum atomic E-state index is 0.400. The molecule has 1 fully saturated rings. The zero-order chi connectivity index (χ0) is 7.78. The van der Waals surface area contributed by atoms with E-state index in [0.29, 0.717) is 5.54 Å². The zero-order valence-electron chi connectivity index (χ0n) is 7.28. The first-order valence-electron chi connectivity index (χ1n) is 3.96. The lowest BCUT2D eigenvalue weighted by atomic mass is 9.95. The van der Waals surface area contributed by atoms with E-state index < -0.39 is 0 Å². The van der Waals surface area contributed by atoms with Gasteiger partial charge >= 0.3 is 0 Å². The Kier molecular flexibility index (Phi) is 1.86. The molecule has 0 radical (unpaired) electrons. The van der Waals surface area contributed by atoms with Crippen molar-refractivity contribution in [2.24, 2.45) is 0 Å². The van der Waals surface area contributed by atoms with Gasteiger partial charge in [0.15, 0.2) is 0 Å². The number of likely N-dealkylation sites (tertiary alicyclic amines) is 1. The molecule has 1 heterocycles. The van der Waals surface area contributed by atoms with Gasteiger partial charge in [0.05, 0.1) is 0 Å². The molecule has 1 nitrogen and oxygen atoms in total. The molecule has 1 aliphatic rings. The van der Waals surface area contributed by atoms with Gasteiger partial charge in [0.2, 0.25) is 0 Å². The summed E-state index contributed by atoms with van der Waals surface area (Å²) in [7, 11) is 2.18. The van der Waals surface area contributed by atoms with E-state index in [1.165, 1.54) is 18.4 Å². The highest BCUT2D eigenvalue weighted by Gasteiger charge is 2.33. The van der Waals surface area contributed by atoms with Crippen LogP contribution < -0.4 is 0 Å². The molecule has 1 atom stereocenters. The Bertz CT molecular complexity index is 151. The molecule has 0 saturated carbocycles. The third-order valence-corrected chi connectivity index (χ3v) is 2.77. The second-order valence-corrected chi connectivity index (χ2v) is 3.63. The minimum Gasteiger partial charge on any atom is -0.297 e. The molecule has 58 valence electrons. The molecule has 1 aliphatic heterocycles. The molecule has 0 aromatic carbocycles. The van der Waals surface area contributed by atoms with Gasteiger partial charge < -0.3 is 0 Å². The van der Waals surface area contributed by atoms with Gasteiger partial charge in [-0.2, -0.15) is 0 Å². The summed E-state index contributed by atoms with van der Waals surface area (Å²) in [6.07, 6.45) is 2.41. The van der Waals surface area contributed by atoms with E-state index in [4.69, 9.17) is 0 Å². The topological polar surface area (TPSA) is 3.24 Å². The summed E-state index contributed by atoms with van der Waals surface area (Å²) in [5, 5.41) is 0. The fraction of sp³-hybridized carbons (Fsp3) is 0.778. The molecule has 0 N–H and O–H groups in total. The van der Waals surface area contributed by atoms with Crippen molar-refractivity contribution in [2.45, 2.75) is 32.2 Å². The van der Waals surface area contributed by atoms with Crippen molar-refractivity contribution in [2.75, 3.05) is 13.6 Å². The molecule has 10 heavy (non-hydrogen) atoms. The zero-order valence-corrected chi connectivity index (χ0v) is 7.28. The summed E-state index contributed by atoms with van der Waals surface area (Å²) in [5.41, 5.74) is 1.78. The molecule has 1 saturated heterocycles. The van der Waals surface area contributed by atoms with Gasteiger partial charge in [-0.3, -0.25) is 4.90 Å². The molecule has 0 bridgehead atoms. The smallest absolute Gasteiger partial charge is 0.0216 e. The molecule has 0 unspecified atom stereocenters. The highest BCUT2D eigenvalue weighted by atomic mass is 15.2. The Morgan fingerprint density at radius 2 is 2.30 bits per heavy atom. The van der Waals surface area contributed by atoms with E-state index in [0.717, 1.165) is 6.54 Å². The van der Waals surface area contributed by atoms with E-state index in [9.17, 15) is 0 Å². The highest BCUT2D eigenvalue weighted by molar-refractivity contribution is 5.12. The van der Waals surface area contributed by atoms with Gasteiger partial charge in [0.1, 0.15) is 0 Å². The molecule has 0 aromatic heterocycles. The van der Waals surface area contributed by atoms with E-state index in [2.05, 4.69) is 32.4 Å². The van der Waals surface area contributed by atoms with Crippen LogP contribution in [0, 0.1) is 0 Å². The van der Waals surface area contributed by atoms with Gasteiger partial charge in [-0.25, -0.2) is 0 Å². The summed E-state index contributed by atoms with van der Waals surface area (Å²) >= 11 is 0. The van der Waals surface area contributed by atoms with Crippen molar-refractivity contribution in [1.82, 2.24) is 4.90 Å². The summed E-state index contributed by atoms with van der Waals surface area (Å²) in [6, 6.07) is 0. The average Bonchev–Trinajstić information content (AvgIpc) is 2.09. The van der Waals surface area contributed by atoms with Gasteiger partial charge in [0, 0.05) is 12.1 Å². The largest absolute Gasteiger partial charge is 0.297 e. The second-order valence-electron chi connectivity index (χ2n) is 3.63. The van der Waals surface area contributed by atoms with Gasteiger partial charge in [-0.15, -0.1) is 0 Å². The quantitative estimate of drug-likeness (QED) is 0.502. The normalized spacial score (nSPS) is 35.3. The first-order chi connectivity index (χ1) is 4.58. The minimum absolute atomic E-state index is 0.400. The van der Waals surface area contributed by atoms with E-state index in [-0.39, 0.29) is 0 Å². The van der Waals surface area contributed by atoms with Crippen LogP contribution in [0.25, 0.3) is 0 Å². The first-order valence-corrected chi connectivity index (χ1v) is 3.96. The molecular weight excluding hydrogens is 122 g/mol. The molecule has 0 spiro atoms. The predicted octanol–water partition coefficient (Wildman–Crippen LogP) is 2.05. The summed E-state index contributed by atoms with van der Waals surface area (Å²) in [4.78, 5) is 2.40. The fourth-order valence-electron chi connectivity index (χ4n) is 1.65. The number of hydrogen-bond acceptors (Lipinski definition) is 1. The maximum absolute atomic E-state index is 4.01. The second kappa shape index (κ2) is 2.39. The number of hydrogen-bond donors (Lipinski definition) is 0. The maximum atomic E-state index is 4.01. The lowest BCUT2D eigenvalue weighted by Gasteiger charge is -2.30. The van der Waals surface area contributed by atoms with Crippen LogP contribution in [0.15, 0.2) is 12.2 Å². The molecule has 0 amide bonds. The van der Waals surface area contributed by atoms with Crippen LogP contribution in [0.1, 0.15) is 26.7 Å². The maximum Gasteiger partial charge on any atom is 0.0216 e. The van der Waals surface area contributed by atoms with Crippen LogP contribution in [-0.2, 0) is 0 Å². The highest BCUT2D eigenvalue weighted by Crippen LogP contribution is 2.32. The number of nitrogens with zero attached hydrogens (tertiary/aromatic N) is 1. The van der Waals surface area contributed by atoms with Crippen LogP contribution in [-0.4, -0.2) is 24.0 Å². The van der Waals surface area contributed by atoms with Crippen molar-refractivity contribution in [3.63, 3.8) is 0 Å². The van der Waals surface area contributed by atoms with E-state index >= 15 is 0 Å². The van der Waals surface area contributed by atoms with Gasteiger partial charge in [-0.1, -0.05) is 19.1 Å². The molecule has 1 rings (SSSR count). The summed E-state index contributed by atoms with van der Waals surface area (Å²) in [6.45, 7) is 9.65. The molecular formula is C9H17N. The Morgan fingerprint density at radius 1 is 1.70 bits per heavy atom. The van der Waals surface area contributed by atoms with Crippen molar-refractivity contribution < 1.29 is 0 Å². The molecule has 1 heteroatoms.